The number of nitrogens with zero attached hydrogens (tertiary/aromatic N) is 2. The van der Waals surface area contributed by atoms with Crippen LogP contribution in [0, 0.1) is 5.92 Å². The molecule has 0 radical (unpaired) electrons. The number of fused-ring (bicyclic) bond motifs is 1. The number of imidazole rings is 1. The van der Waals surface area contributed by atoms with Gasteiger partial charge >= 0.3 is 0 Å². The number of hydrogen-bond donors (Lipinski definition) is 0. The van der Waals surface area contributed by atoms with E-state index in [1.807, 2.05) is 0 Å². The normalized spacial score (nSPS) is 31.4. The molecule has 2 aliphatic heterocycles. The molecule has 1 aromatic rings. The first-order chi connectivity index (χ1) is 8.03. The standard InChI is InChI=1S/C12H18N2O2S/c1-9-2-4-14-7-11(13-12(14)6-9)10-3-5-17(15,16)8-10/h7,9-10H,2-6,8H2,1H3. The largest absolute Gasteiger partial charge is 0.335 e. The second-order valence-electron chi connectivity index (χ2n) is 5.47. The second-order valence-corrected chi connectivity index (χ2v) is 7.70. The molecular formula is C12H18N2O2S. The van der Waals surface area contributed by atoms with E-state index in [9.17, 15) is 8.42 Å². The van der Waals surface area contributed by atoms with Crippen LogP contribution in [0.25, 0.3) is 0 Å². The van der Waals surface area contributed by atoms with Crippen LogP contribution in [0.3, 0.4) is 0 Å². The lowest BCUT2D eigenvalue weighted by Gasteiger charge is -2.18. The average molecular weight is 254 g/mol. The smallest absolute Gasteiger partial charge is 0.151 e. The summed E-state index contributed by atoms with van der Waals surface area (Å²) in [5, 5.41) is 0. The van der Waals surface area contributed by atoms with E-state index in [1.54, 1.807) is 0 Å². The Bertz CT molecular complexity index is 533. The molecule has 0 spiro atoms. The van der Waals surface area contributed by atoms with Gasteiger partial charge in [-0.25, -0.2) is 13.4 Å². The highest BCUT2D eigenvalue weighted by Gasteiger charge is 2.31. The Hall–Kier alpha value is -0.840. The molecule has 1 fully saturated rings. The summed E-state index contributed by atoms with van der Waals surface area (Å²) in [7, 11) is -2.81. The molecule has 2 aliphatic rings. The van der Waals surface area contributed by atoms with Crippen molar-refractivity contribution in [3.63, 3.8) is 0 Å². The molecule has 94 valence electrons. The van der Waals surface area contributed by atoms with E-state index in [2.05, 4.69) is 22.7 Å². The average Bonchev–Trinajstić information content (AvgIpc) is 2.80. The maximum atomic E-state index is 11.5. The van der Waals surface area contributed by atoms with Gasteiger partial charge in [0, 0.05) is 25.1 Å². The first-order valence-electron chi connectivity index (χ1n) is 6.30. The zero-order chi connectivity index (χ0) is 12.0. The number of hydrogen-bond acceptors (Lipinski definition) is 3. The third kappa shape index (κ3) is 2.12. The van der Waals surface area contributed by atoms with E-state index < -0.39 is 9.84 Å². The van der Waals surface area contributed by atoms with Crippen molar-refractivity contribution in [1.82, 2.24) is 9.55 Å². The summed E-state index contributed by atoms with van der Waals surface area (Å²) < 4.78 is 25.2. The van der Waals surface area contributed by atoms with Gasteiger partial charge in [0.05, 0.1) is 17.2 Å². The topological polar surface area (TPSA) is 52.0 Å². The second kappa shape index (κ2) is 3.83. The van der Waals surface area contributed by atoms with Crippen molar-refractivity contribution in [2.24, 2.45) is 5.92 Å². The lowest BCUT2D eigenvalue weighted by molar-refractivity contribution is 0.409. The molecule has 5 heteroatoms. The van der Waals surface area contributed by atoms with Gasteiger partial charge in [-0.15, -0.1) is 0 Å². The van der Waals surface area contributed by atoms with E-state index in [0.717, 1.165) is 30.9 Å². The first-order valence-corrected chi connectivity index (χ1v) is 8.12. The number of rotatable bonds is 1. The van der Waals surface area contributed by atoms with Gasteiger partial charge in [-0.3, -0.25) is 0 Å². The fraction of sp³-hybridized carbons (Fsp3) is 0.750. The quantitative estimate of drug-likeness (QED) is 0.760. The van der Waals surface area contributed by atoms with Gasteiger partial charge in [-0.05, 0) is 18.8 Å². The Morgan fingerprint density at radius 1 is 1.41 bits per heavy atom. The molecule has 0 saturated carbocycles. The van der Waals surface area contributed by atoms with Gasteiger partial charge in [-0.1, -0.05) is 6.92 Å². The summed E-state index contributed by atoms with van der Waals surface area (Å²) in [6.45, 7) is 3.28. The zero-order valence-corrected chi connectivity index (χ0v) is 10.9. The highest BCUT2D eigenvalue weighted by Crippen LogP contribution is 2.30. The third-order valence-corrected chi connectivity index (χ3v) is 5.69. The Morgan fingerprint density at radius 3 is 2.94 bits per heavy atom. The molecule has 0 amide bonds. The van der Waals surface area contributed by atoms with Crippen LogP contribution in [0.15, 0.2) is 6.20 Å². The lowest BCUT2D eigenvalue weighted by atomic mass is 10.0. The van der Waals surface area contributed by atoms with Crippen LogP contribution in [0.2, 0.25) is 0 Å². The fourth-order valence-electron chi connectivity index (χ4n) is 2.83. The predicted octanol–water partition coefficient (Wildman–Crippen LogP) is 1.37. The van der Waals surface area contributed by atoms with Crippen molar-refractivity contribution in [2.75, 3.05) is 11.5 Å². The minimum atomic E-state index is -2.81. The minimum Gasteiger partial charge on any atom is -0.335 e. The van der Waals surface area contributed by atoms with E-state index >= 15 is 0 Å². The van der Waals surface area contributed by atoms with Crippen molar-refractivity contribution in [3.8, 4) is 0 Å². The number of aromatic nitrogens is 2. The molecule has 0 N–H and O–H groups in total. The molecule has 0 bridgehead atoms. The van der Waals surface area contributed by atoms with Crippen LogP contribution < -0.4 is 0 Å². The van der Waals surface area contributed by atoms with E-state index in [1.165, 1.54) is 6.42 Å². The summed E-state index contributed by atoms with van der Waals surface area (Å²) in [6.07, 6.45) is 5.05. The molecule has 1 aromatic heterocycles. The van der Waals surface area contributed by atoms with Gasteiger partial charge in [0.25, 0.3) is 0 Å². The minimum absolute atomic E-state index is 0.133. The van der Waals surface area contributed by atoms with Gasteiger partial charge in [0.2, 0.25) is 0 Å². The number of sulfone groups is 1. The van der Waals surface area contributed by atoms with E-state index in [4.69, 9.17) is 0 Å². The van der Waals surface area contributed by atoms with Crippen LogP contribution in [0.1, 0.15) is 37.2 Å². The Kier molecular flexibility index (Phi) is 2.54. The molecule has 17 heavy (non-hydrogen) atoms. The van der Waals surface area contributed by atoms with Crippen molar-refractivity contribution in [3.05, 3.63) is 17.7 Å². The molecule has 3 rings (SSSR count). The third-order valence-electron chi connectivity index (χ3n) is 3.92. The lowest BCUT2D eigenvalue weighted by Crippen LogP contribution is -2.16. The summed E-state index contributed by atoms with van der Waals surface area (Å²) >= 11 is 0. The molecular weight excluding hydrogens is 236 g/mol. The number of aryl methyl sites for hydroxylation is 1. The monoisotopic (exact) mass is 254 g/mol. The maximum absolute atomic E-state index is 11.5. The van der Waals surface area contributed by atoms with Gasteiger partial charge in [0.15, 0.2) is 9.84 Å². The molecule has 0 aliphatic carbocycles. The molecule has 0 aromatic carbocycles. The summed E-state index contributed by atoms with van der Waals surface area (Å²) in [6, 6.07) is 0. The summed E-state index contributed by atoms with van der Waals surface area (Å²) in [5.74, 6) is 2.59. The predicted molar refractivity (Wildman–Crippen MR) is 65.7 cm³/mol. The molecule has 2 unspecified atom stereocenters. The SMILES string of the molecule is CC1CCn2cc(C3CCS(=O)(=O)C3)nc2C1. The Labute approximate surface area is 102 Å². The highest BCUT2D eigenvalue weighted by molar-refractivity contribution is 7.91. The Morgan fingerprint density at radius 2 is 2.24 bits per heavy atom. The highest BCUT2D eigenvalue weighted by atomic mass is 32.2. The van der Waals surface area contributed by atoms with E-state index in [0.29, 0.717) is 17.4 Å². The van der Waals surface area contributed by atoms with Crippen LogP contribution in [-0.4, -0.2) is 29.5 Å². The fourth-order valence-corrected chi connectivity index (χ4v) is 4.59. The molecule has 1 saturated heterocycles. The van der Waals surface area contributed by atoms with E-state index in [-0.39, 0.29) is 5.92 Å². The van der Waals surface area contributed by atoms with Crippen LogP contribution >= 0.6 is 0 Å². The van der Waals surface area contributed by atoms with Crippen molar-refractivity contribution in [1.29, 1.82) is 0 Å². The molecule has 4 nitrogen and oxygen atoms in total. The molecule has 3 heterocycles. The Balaban J connectivity index is 1.86. The maximum Gasteiger partial charge on any atom is 0.151 e. The van der Waals surface area contributed by atoms with Gasteiger partial charge in [-0.2, -0.15) is 0 Å². The molecule has 2 atom stereocenters. The zero-order valence-electron chi connectivity index (χ0n) is 10.1. The van der Waals surface area contributed by atoms with Crippen molar-refractivity contribution >= 4 is 9.84 Å². The first kappa shape index (κ1) is 11.3. The van der Waals surface area contributed by atoms with Crippen molar-refractivity contribution < 1.29 is 8.42 Å². The van der Waals surface area contributed by atoms with Gasteiger partial charge in [0.1, 0.15) is 5.82 Å². The summed E-state index contributed by atoms with van der Waals surface area (Å²) in [4.78, 5) is 4.65. The van der Waals surface area contributed by atoms with Gasteiger partial charge < -0.3 is 4.57 Å². The van der Waals surface area contributed by atoms with Crippen LogP contribution in [0.5, 0.6) is 0 Å². The van der Waals surface area contributed by atoms with Crippen LogP contribution in [-0.2, 0) is 22.8 Å². The summed E-state index contributed by atoms with van der Waals surface area (Å²) in [5.41, 5.74) is 0.996. The van der Waals surface area contributed by atoms with Crippen molar-refractivity contribution in [2.45, 2.75) is 38.6 Å². The van der Waals surface area contributed by atoms with Crippen LogP contribution in [0.4, 0.5) is 0 Å².